The topological polar surface area (TPSA) is 93.5 Å². The van der Waals surface area contributed by atoms with E-state index in [-0.39, 0.29) is 16.7 Å². The number of carbonyl (C=O) groups excluding carboxylic acids is 1. The van der Waals surface area contributed by atoms with E-state index in [1.54, 1.807) is 35.1 Å². The van der Waals surface area contributed by atoms with Crippen molar-refractivity contribution in [1.29, 1.82) is 0 Å². The molecule has 0 spiro atoms. The zero-order valence-electron chi connectivity index (χ0n) is 17.8. The molecule has 0 bridgehead atoms. The molecule has 1 N–H and O–H groups in total. The number of nitrogens with one attached hydrogen (secondary N) is 1. The Morgan fingerprint density at radius 3 is 2.47 bits per heavy atom. The van der Waals surface area contributed by atoms with Crippen molar-refractivity contribution < 1.29 is 17.9 Å². The highest BCUT2D eigenvalue weighted by molar-refractivity contribution is 7.89. The summed E-state index contributed by atoms with van der Waals surface area (Å²) in [6, 6.07) is 15.9. The van der Waals surface area contributed by atoms with Crippen molar-refractivity contribution in [3.05, 3.63) is 72.6 Å². The van der Waals surface area contributed by atoms with Gasteiger partial charge in [-0.2, -0.15) is 9.40 Å². The highest BCUT2D eigenvalue weighted by Crippen LogP contribution is 2.26. The Bertz CT molecular complexity index is 1150. The van der Waals surface area contributed by atoms with Crippen LogP contribution in [0.2, 0.25) is 0 Å². The molecule has 1 fully saturated rings. The average molecular weight is 455 g/mol. The smallest absolute Gasteiger partial charge is 0.243 e. The van der Waals surface area contributed by atoms with Crippen LogP contribution in [-0.4, -0.2) is 48.6 Å². The SMILES string of the molecule is COc1ccc(S(=O)(=O)N2CCC(C(=O)Nc3ccccc3Cn3cccn3)CC2)cc1. The van der Waals surface area contributed by atoms with Crippen LogP contribution < -0.4 is 10.1 Å². The monoisotopic (exact) mass is 454 g/mol. The highest BCUT2D eigenvalue weighted by Gasteiger charge is 2.32. The third-order valence-corrected chi connectivity index (χ3v) is 7.60. The van der Waals surface area contributed by atoms with Gasteiger partial charge in [0.1, 0.15) is 5.75 Å². The fourth-order valence-corrected chi connectivity index (χ4v) is 5.31. The molecule has 2 heterocycles. The summed E-state index contributed by atoms with van der Waals surface area (Å²) in [5, 5.41) is 7.25. The summed E-state index contributed by atoms with van der Waals surface area (Å²) in [4.78, 5) is 13.1. The molecule has 8 nitrogen and oxygen atoms in total. The van der Waals surface area contributed by atoms with Crippen molar-refractivity contribution in [3.63, 3.8) is 0 Å². The maximum absolute atomic E-state index is 12.9. The minimum atomic E-state index is -3.59. The Kier molecular flexibility index (Phi) is 6.57. The van der Waals surface area contributed by atoms with Crippen LogP contribution in [0, 0.1) is 5.92 Å². The molecule has 1 aromatic heterocycles. The zero-order valence-corrected chi connectivity index (χ0v) is 18.7. The van der Waals surface area contributed by atoms with E-state index >= 15 is 0 Å². The molecule has 9 heteroatoms. The summed E-state index contributed by atoms with van der Waals surface area (Å²) in [7, 11) is -2.06. The molecule has 0 saturated carbocycles. The minimum absolute atomic E-state index is 0.0839. The molecule has 0 atom stereocenters. The lowest BCUT2D eigenvalue weighted by Crippen LogP contribution is -2.41. The van der Waals surface area contributed by atoms with Gasteiger partial charge in [0.2, 0.25) is 15.9 Å². The Morgan fingerprint density at radius 1 is 1.09 bits per heavy atom. The quantitative estimate of drug-likeness (QED) is 0.592. The van der Waals surface area contributed by atoms with Crippen LogP contribution in [0.4, 0.5) is 5.69 Å². The van der Waals surface area contributed by atoms with Gasteiger partial charge in [-0.05, 0) is 54.8 Å². The second kappa shape index (κ2) is 9.54. The molecule has 0 radical (unpaired) electrons. The summed E-state index contributed by atoms with van der Waals surface area (Å²) in [5.74, 6) is 0.279. The number of nitrogens with zero attached hydrogens (tertiary/aromatic N) is 3. The molecular formula is C23H26N4O4S. The molecule has 1 amide bonds. The first-order valence-corrected chi connectivity index (χ1v) is 11.9. The number of anilines is 1. The number of amides is 1. The first-order valence-electron chi connectivity index (χ1n) is 10.5. The molecule has 32 heavy (non-hydrogen) atoms. The Morgan fingerprint density at radius 2 is 1.81 bits per heavy atom. The number of rotatable bonds is 7. The van der Waals surface area contributed by atoms with E-state index < -0.39 is 10.0 Å². The zero-order chi connectivity index (χ0) is 22.6. The van der Waals surface area contributed by atoms with Gasteiger partial charge in [0.05, 0.1) is 18.6 Å². The molecule has 0 aliphatic carbocycles. The lowest BCUT2D eigenvalue weighted by atomic mass is 9.97. The van der Waals surface area contributed by atoms with Crippen molar-refractivity contribution >= 4 is 21.6 Å². The van der Waals surface area contributed by atoms with E-state index in [4.69, 9.17) is 4.74 Å². The first kappa shape index (κ1) is 22.0. The van der Waals surface area contributed by atoms with E-state index in [0.717, 1.165) is 11.3 Å². The van der Waals surface area contributed by atoms with Gasteiger partial charge in [-0.25, -0.2) is 8.42 Å². The number of benzene rings is 2. The van der Waals surface area contributed by atoms with Gasteiger partial charge < -0.3 is 10.1 Å². The number of hydrogen-bond donors (Lipinski definition) is 1. The van der Waals surface area contributed by atoms with Gasteiger partial charge in [0, 0.05) is 37.1 Å². The fraction of sp³-hybridized carbons (Fsp3) is 0.304. The number of carbonyl (C=O) groups is 1. The third-order valence-electron chi connectivity index (χ3n) is 5.69. The van der Waals surface area contributed by atoms with Crippen molar-refractivity contribution in [2.24, 2.45) is 5.92 Å². The van der Waals surface area contributed by atoms with Crippen LogP contribution in [0.5, 0.6) is 5.75 Å². The molecule has 2 aromatic carbocycles. The molecule has 168 valence electrons. The molecule has 1 aliphatic rings. The number of methoxy groups -OCH3 is 1. The molecule has 3 aromatic rings. The second-order valence-electron chi connectivity index (χ2n) is 7.70. The predicted molar refractivity (Wildman–Crippen MR) is 121 cm³/mol. The van der Waals surface area contributed by atoms with Gasteiger partial charge >= 0.3 is 0 Å². The Hall–Kier alpha value is -3.17. The summed E-state index contributed by atoms with van der Waals surface area (Å²) >= 11 is 0. The van der Waals surface area contributed by atoms with Crippen molar-refractivity contribution in [1.82, 2.24) is 14.1 Å². The molecular weight excluding hydrogens is 428 g/mol. The maximum Gasteiger partial charge on any atom is 0.243 e. The van der Waals surface area contributed by atoms with E-state index in [1.807, 2.05) is 36.5 Å². The number of piperidine rings is 1. The summed E-state index contributed by atoms with van der Waals surface area (Å²) in [6.07, 6.45) is 4.54. The van der Waals surface area contributed by atoms with E-state index in [2.05, 4.69) is 10.4 Å². The van der Waals surface area contributed by atoms with Crippen LogP contribution in [0.3, 0.4) is 0 Å². The van der Waals surface area contributed by atoms with E-state index in [0.29, 0.717) is 38.2 Å². The minimum Gasteiger partial charge on any atom is -0.497 e. The fourth-order valence-electron chi connectivity index (χ4n) is 3.84. The van der Waals surface area contributed by atoms with Crippen LogP contribution in [0.15, 0.2) is 71.9 Å². The molecule has 4 rings (SSSR count). The molecule has 0 unspecified atom stereocenters. The van der Waals surface area contributed by atoms with Gasteiger partial charge in [-0.15, -0.1) is 0 Å². The second-order valence-corrected chi connectivity index (χ2v) is 9.64. The Balaban J connectivity index is 1.38. The lowest BCUT2D eigenvalue weighted by molar-refractivity contribution is -0.120. The van der Waals surface area contributed by atoms with Crippen molar-refractivity contribution in [3.8, 4) is 5.75 Å². The molecule has 1 saturated heterocycles. The van der Waals surface area contributed by atoms with Gasteiger partial charge in [0.15, 0.2) is 0 Å². The highest BCUT2D eigenvalue weighted by atomic mass is 32.2. The van der Waals surface area contributed by atoms with Crippen LogP contribution in [0.1, 0.15) is 18.4 Å². The lowest BCUT2D eigenvalue weighted by Gasteiger charge is -2.30. The number of sulfonamides is 1. The van der Waals surface area contributed by atoms with Crippen LogP contribution >= 0.6 is 0 Å². The predicted octanol–water partition coefficient (Wildman–Crippen LogP) is 2.98. The largest absolute Gasteiger partial charge is 0.497 e. The molecule has 1 aliphatic heterocycles. The number of hydrogen-bond acceptors (Lipinski definition) is 5. The average Bonchev–Trinajstić information content (AvgIpc) is 3.33. The number of ether oxygens (including phenoxy) is 1. The van der Waals surface area contributed by atoms with Crippen molar-refractivity contribution in [2.75, 3.05) is 25.5 Å². The number of aromatic nitrogens is 2. The van der Waals surface area contributed by atoms with Gasteiger partial charge in [-0.1, -0.05) is 18.2 Å². The standard InChI is InChI=1S/C23H26N4O4S/c1-31-20-7-9-21(10-8-20)32(29,30)27-15-11-18(12-16-27)23(28)25-22-6-3-2-5-19(22)17-26-14-4-13-24-26/h2-10,13-14,18H,11-12,15-17H2,1H3,(H,25,28). The van der Waals surface area contributed by atoms with Gasteiger partial charge in [0.25, 0.3) is 0 Å². The first-order chi connectivity index (χ1) is 15.5. The summed E-state index contributed by atoms with van der Waals surface area (Å²) in [6.45, 7) is 1.17. The normalized spacial score (nSPS) is 15.4. The summed E-state index contributed by atoms with van der Waals surface area (Å²) < 4.78 is 34.2. The maximum atomic E-state index is 12.9. The number of para-hydroxylation sites is 1. The van der Waals surface area contributed by atoms with Gasteiger partial charge in [-0.3, -0.25) is 9.48 Å². The van der Waals surface area contributed by atoms with Crippen molar-refractivity contribution in [2.45, 2.75) is 24.3 Å². The summed E-state index contributed by atoms with van der Waals surface area (Å²) in [5.41, 5.74) is 1.71. The van der Waals surface area contributed by atoms with E-state index in [9.17, 15) is 13.2 Å². The third kappa shape index (κ3) is 4.84. The Labute approximate surface area is 187 Å². The van der Waals surface area contributed by atoms with Crippen LogP contribution in [-0.2, 0) is 21.4 Å². The van der Waals surface area contributed by atoms with Crippen LogP contribution in [0.25, 0.3) is 0 Å². The van der Waals surface area contributed by atoms with E-state index in [1.165, 1.54) is 11.4 Å².